The molecule has 2 atom stereocenters. The highest BCUT2D eigenvalue weighted by atomic mass is 35.5. The van der Waals surface area contributed by atoms with E-state index < -0.39 is 16.1 Å². The molecule has 1 amide bonds. The summed E-state index contributed by atoms with van der Waals surface area (Å²) in [7, 11) is -3.76. The number of hydrogen-bond donors (Lipinski definition) is 1. The number of nitrogens with zero attached hydrogens (tertiary/aromatic N) is 1. The number of rotatable bonds is 5. The van der Waals surface area contributed by atoms with Gasteiger partial charge in [-0.15, -0.1) is 0 Å². The molecule has 2 aromatic carbocycles. The predicted molar refractivity (Wildman–Crippen MR) is 120 cm³/mol. The second-order valence-electron chi connectivity index (χ2n) is 8.83. The van der Waals surface area contributed by atoms with E-state index in [0.29, 0.717) is 24.4 Å². The molecule has 30 heavy (non-hydrogen) atoms. The van der Waals surface area contributed by atoms with Gasteiger partial charge in [-0.25, -0.2) is 8.42 Å². The lowest BCUT2D eigenvalue weighted by molar-refractivity contribution is -0.124. The van der Waals surface area contributed by atoms with Crippen LogP contribution in [-0.2, 0) is 20.2 Å². The molecular weight excluding hydrogens is 420 g/mol. The average Bonchev–Trinajstić information content (AvgIpc) is 3.18. The molecule has 1 N–H and O–H groups in total. The van der Waals surface area contributed by atoms with Crippen molar-refractivity contribution < 1.29 is 13.2 Å². The lowest BCUT2D eigenvalue weighted by Gasteiger charge is -2.25. The van der Waals surface area contributed by atoms with Gasteiger partial charge in [0.1, 0.15) is 6.04 Å². The Morgan fingerprint density at radius 2 is 1.70 bits per heavy atom. The highest BCUT2D eigenvalue weighted by Crippen LogP contribution is 2.28. The molecule has 162 valence electrons. The maximum Gasteiger partial charge on any atom is 0.243 e. The van der Waals surface area contributed by atoms with Crippen molar-refractivity contribution in [1.82, 2.24) is 9.62 Å². The first-order chi connectivity index (χ1) is 14.0. The molecule has 1 saturated heterocycles. The summed E-state index contributed by atoms with van der Waals surface area (Å²) in [5, 5.41) is 3.46. The first-order valence-electron chi connectivity index (χ1n) is 10.2. The van der Waals surface area contributed by atoms with Crippen molar-refractivity contribution >= 4 is 27.5 Å². The molecule has 1 aliphatic heterocycles. The van der Waals surface area contributed by atoms with E-state index in [2.05, 4.69) is 38.2 Å². The Morgan fingerprint density at radius 1 is 1.10 bits per heavy atom. The molecule has 3 rings (SSSR count). The van der Waals surface area contributed by atoms with Gasteiger partial charge < -0.3 is 5.32 Å². The van der Waals surface area contributed by atoms with Crippen molar-refractivity contribution in [2.45, 2.75) is 62.9 Å². The van der Waals surface area contributed by atoms with Crippen LogP contribution in [-0.4, -0.2) is 31.2 Å². The van der Waals surface area contributed by atoms with Gasteiger partial charge in [-0.2, -0.15) is 4.31 Å². The minimum atomic E-state index is -3.76. The van der Waals surface area contributed by atoms with E-state index in [1.165, 1.54) is 22.0 Å². The van der Waals surface area contributed by atoms with Crippen LogP contribution in [0.3, 0.4) is 0 Å². The molecule has 0 unspecified atom stereocenters. The summed E-state index contributed by atoms with van der Waals surface area (Å²) in [6.07, 6.45) is 1.16. The van der Waals surface area contributed by atoms with Gasteiger partial charge in [-0.05, 0) is 60.6 Å². The highest BCUT2D eigenvalue weighted by molar-refractivity contribution is 7.89. The number of sulfonamides is 1. The van der Waals surface area contributed by atoms with Gasteiger partial charge in [-0.3, -0.25) is 4.79 Å². The Bertz CT molecular complexity index is 996. The Labute approximate surface area is 184 Å². The van der Waals surface area contributed by atoms with E-state index >= 15 is 0 Å². The van der Waals surface area contributed by atoms with Crippen LogP contribution in [0.15, 0.2) is 53.4 Å². The van der Waals surface area contributed by atoms with Gasteiger partial charge in [0, 0.05) is 11.6 Å². The van der Waals surface area contributed by atoms with Gasteiger partial charge in [0.05, 0.1) is 10.9 Å². The molecule has 0 spiro atoms. The number of benzene rings is 2. The molecule has 7 heteroatoms. The van der Waals surface area contributed by atoms with E-state index in [1.54, 1.807) is 12.1 Å². The van der Waals surface area contributed by atoms with Crippen molar-refractivity contribution in [3.63, 3.8) is 0 Å². The second kappa shape index (κ2) is 8.69. The molecule has 2 aromatic rings. The number of hydrogen-bond acceptors (Lipinski definition) is 3. The third-order valence-electron chi connectivity index (χ3n) is 5.56. The first-order valence-corrected chi connectivity index (χ1v) is 12.0. The molecule has 1 aliphatic rings. The highest BCUT2D eigenvalue weighted by Gasteiger charge is 2.39. The monoisotopic (exact) mass is 448 g/mol. The van der Waals surface area contributed by atoms with Crippen molar-refractivity contribution in [3.8, 4) is 0 Å². The summed E-state index contributed by atoms with van der Waals surface area (Å²) in [6, 6.07) is 13.3. The third kappa shape index (κ3) is 4.88. The molecular formula is C23H29ClN2O3S. The average molecular weight is 449 g/mol. The van der Waals surface area contributed by atoms with Crippen LogP contribution in [0.5, 0.6) is 0 Å². The normalized spacial score (nSPS) is 18.9. The molecule has 0 aliphatic carbocycles. The minimum absolute atomic E-state index is 0.0609. The summed E-state index contributed by atoms with van der Waals surface area (Å²) >= 11 is 5.88. The summed E-state index contributed by atoms with van der Waals surface area (Å²) in [5.74, 6) is -0.266. The topological polar surface area (TPSA) is 66.5 Å². The Morgan fingerprint density at radius 3 is 2.27 bits per heavy atom. The fourth-order valence-electron chi connectivity index (χ4n) is 3.70. The van der Waals surface area contributed by atoms with Gasteiger partial charge in [0.15, 0.2) is 0 Å². The Balaban J connectivity index is 1.73. The van der Waals surface area contributed by atoms with Gasteiger partial charge in [0.25, 0.3) is 0 Å². The van der Waals surface area contributed by atoms with Crippen LogP contribution in [0, 0.1) is 0 Å². The van der Waals surface area contributed by atoms with Crippen molar-refractivity contribution in [2.24, 2.45) is 0 Å². The number of carbonyl (C=O) groups is 1. The maximum atomic E-state index is 13.1. The lowest BCUT2D eigenvalue weighted by atomic mass is 9.86. The molecule has 0 bridgehead atoms. The number of amides is 1. The zero-order valence-electron chi connectivity index (χ0n) is 17.9. The molecule has 0 aromatic heterocycles. The molecule has 0 radical (unpaired) electrons. The van der Waals surface area contributed by atoms with Crippen molar-refractivity contribution in [2.75, 3.05) is 6.54 Å². The molecule has 1 fully saturated rings. The number of halogens is 1. The maximum absolute atomic E-state index is 13.1. The minimum Gasteiger partial charge on any atom is -0.348 e. The van der Waals surface area contributed by atoms with E-state index in [-0.39, 0.29) is 22.3 Å². The van der Waals surface area contributed by atoms with E-state index in [1.807, 2.05) is 19.1 Å². The van der Waals surface area contributed by atoms with E-state index in [4.69, 9.17) is 11.6 Å². The van der Waals surface area contributed by atoms with Crippen LogP contribution >= 0.6 is 11.6 Å². The van der Waals surface area contributed by atoms with Crippen LogP contribution in [0.1, 0.15) is 57.7 Å². The van der Waals surface area contributed by atoms with E-state index in [0.717, 1.165) is 5.56 Å². The molecule has 1 heterocycles. The Hall–Kier alpha value is -1.89. The van der Waals surface area contributed by atoms with Crippen molar-refractivity contribution in [3.05, 3.63) is 64.7 Å². The zero-order chi connectivity index (χ0) is 22.1. The summed E-state index contributed by atoms with van der Waals surface area (Å²) in [6.45, 7) is 8.71. The molecule has 5 nitrogen and oxygen atoms in total. The quantitative estimate of drug-likeness (QED) is 0.722. The van der Waals surface area contributed by atoms with Crippen LogP contribution in [0.4, 0.5) is 0 Å². The zero-order valence-corrected chi connectivity index (χ0v) is 19.4. The van der Waals surface area contributed by atoms with E-state index in [9.17, 15) is 13.2 Å². The largest absolute Gasteiger partial charge is 0.348 e. The number of nitrogens with one attached hydrogen (secondary N) is 1. The van der Waals surface area contributed by atoms with Crippen LogP contribution < -0.4 is 5.32 Å². The second-order valence-corrected chi connectivity index (χ2v) is 11.2. The summed E-state index contributed by atoms with van der Waals surface area (Å²) in [5.41, 5.74) is 2.27. The third-order valence-corrected chi connectivity index (χ3v) is 7.74. The van der Waals surface area contributed by atoms with Crippen LogP contribution in [0.2, 0.25) is 5.02 Å². The molecule has 0 saturated carbocycles. The fraction of sp³-hybridized carbons (Fsp3) is 0.435. The van der Waals surface area contributed by atoms with Gasteiger partial charge in [0.2, 0.25) is 15.9 Å². The predicted octanol–water partition coefficient (Wildman–Crippen LogP) is 4.67. The summed E-state index contributed by atoms with van der Waals surface area (Å²) in [4.78, 5) is 13.1. The number of carbonyl (C=O) groups excluding carboxylic acids is 1. The van der Waals surface area contributed by atoms with Crippen LogP contribution in [0.25, 0.3) is 0 Å². The fourth-order valence-corrected chi connectivity index (χ4v) is 5.48. The lowest BCUT2D eigenvalue weighted by Crippen LogP contribution is -2.46. The van der Waals surface area contributed by atoms with Gasteiger partial charge >= 0.3 is 0 Å². The first kappa shape index (κ1) is 22.8. The Kier molecular flexibility index (Phi) is 6.60. The van der Waals surface area contributed by atoms with Crippen molar-refractivity contribution in [1.29, 1.82) is 0 Å². The smallest absolute Gasteiger partial charge is 0.243 e. The van der Waals surface area contributed by atoms with Gasteiger partial charge in [-0.1, -0.05) is 56.6 Å². The standard InChI is InChI=1S/C23H29ClN2O3S/c1-16(17-7-9-18(10-8-17)23(2,3)4)25-22(27)21-6-5-15-26(21)30(28,29)20-13-11-19(24)12-14-20/h7-14,16,21H,5-6,15H2,1-4H3,(H,25,27)/t16-,21-/m0/s1. The summed E-state index contributed by atoms with van der Waals surface area (Å²) < 4.78 is 27.4. The SMILES string of the molecule is C[C@H](NC(=O)[C@@H]1CCCN1S(=O)(=O)c1ccc(Cl)cc1)c1ccc(C(C)(C)C)cc1.